The van der Waals surface area contributed by atoms with E-state index in [1.165, 1.54) is 4.57 Å². The Kier molecular flexibility index (Phi) is 4.45. The number of H-pyrrole nitrogens is 1. The molecular formula is C17H17N3O4S. The summed E-state index contributed by atoms with van der Waals surface area (Å²) in [6, 6.07) is 6.47. The van der Waals surface area contributed by atoms with Gasteiger partial charge in [-0.1, -0.05) is 29.5 Å². The largest absolute Gasteiger partial charge is 0.480 e. The van der Waals surface area contributed by atoms with Gasteiger partial charge in [0.1, 0.15) is 10.9 Å². The normalized spacial score (nSPS) is 12.2. The van der Waals surface area contributed by atoms with Crippen molar-refractivity contribution in [2.24, 2.45) is 7.05 Å². The van der Waals surface area contributed by atoms with Crippen LogP contribution < -0.4 is 10.2 Å². The zero-order valence-corrected chi connectivity index (χ0v) is 14.5. The van der Waals surface area contributed by atoms with Crippen molar-refractivity contribution in [3.8, 4) is 0 Å². The zero-order chi connectivity index (χ0) is 18.1. The average molecular weight is 359 g/mol. The minimum Gasteiger partial charge on any atom is -0.480 e. The second kappa shape index (κ2) is 6.56. The summed E-state index contributed by atoms with van der Waals surface area (Å²) in [7, 11) is 1.57. The topological polar surface area (TPSA) is 104 Å². The van der Waals surface area contributed by atoms with Crippen molar-refractivity contribution in [1.29, 1.82) is 0 Å². The first kappa shape index (κ1) is 17.0. The minimum absolute atomic E-state index is 0.145. The van der Waals surface area contributed by atoms with Gasteiger partial charge in [-0.2, -0.15) is 0 Å². The highest BCUT2D eigenvalue weighted by atomic mass is 32.1. The van der Waals surface area contributed by atoms with Crippen molar-refractivity contribution in [3.63, 3.8) is 0 Å². The third-order valence-electron chi connectivity index (χ3n) is 4.20. The Morgan fingerprint density at radius 1 is 1.36 bits per heavy atom. The predicted octanol–water partition coefficient (Wildman–Crippen LogP) is 1.66. The van der Waals surface area contributed by atoms with Gasteiger partial charge in [-0.05, 0) is 18.6 Å². The molecule has 0 aliphatic heterocycles. The van der Waals surface area contributed by atoms with E-state index in [1.807, 2.05) is 24.3 Å². The lowest BCUT2D eigenvalue weighted by Crippen LogP contribution is -2.42. The number of aromatic nitrogens is 2. The number of thiazole rings is 1. The molecule has 0 fully saturated rings. The molecular weight excluding hydrogens is 342 g/mol. The van der Waals surface area contributed by atoms with Crippen LogP contribution in [-0.4, -0.2) is 32.6 Å². The number of benzene rings is 1. The quantitative estimate of drug-likeness (QED) is 0.644. The molecule has 8 heteroatoms. The van der Waals surface area contributed by atoms with Gasteiger partial charge in [-0.3, -0.25) is 9.59 Å². The number of fused-ring (bicyclic) bond motifs is 1. The maximum absolute atomic E-state index is 12.4. The molecule has 3 N–H and O–H groups in total. The van der Waals surface area contributed by atoms with Gasteiger partial charge in [0.25, 0.3) is 5.91 Å². The molecule has 0 spiro atoms. The number of carboxylic acids is 1. The summed E-state index contributed by atoms with van der Waals surface area (Å²) >= 11 is 0.810. The Bertz CT molecular complexity index is 1010. The van der Waals surface area contributed by atoms with E-state index in [0.29, 0.717) is 5.69 Å². The van der Waals surface area contributed by atoms with E-state index in [9.17, 15) is 19.5 Å². The van der Waals surface area contributed by atoms with E-state index >= 15 is 0 Å². The van der Waals surface area contributed by atoms with Crippen LogP contribution in [-0.2, 0) is 18.3 Å². The van der Waals surface area contributed by atoms with Crippen molar-refractivity contribution in [3.05, 3.63) is 56.3 Å². The maximum atomic E-state index is 12.4. The van der Waals surface area contributed by atoms with Crippen molar-refractivity contribution >= 4 is 34.1 Å². The number of carboxylic acid groups (broad SMARTS) is 1. The first-order chi connectivity index (χ1) is 11.9. The molecule has 1 aromatic carbocycles. The number of nitrogens with zero attached hydrogens (tertiary/aromatic N) is 1. The van der Waals surface area contributed by atoms with Crippen LogP contribution in [0.3, 0.4) is 0 Å². The molecule has 0 saturated heterocycles. The Morgan fingerprint density at radius 2 is 2.08 bits per heavy atom. The molecule has 0 aliphatic carbocycles. The van der Waals surface area contributed by atoms with Gasteiger partial charge in [0.2, 0.25) is 0 Å². The highest BCUT2D eigenvalue weighted by Gasteiger charge is 2.25. The monoisotopic (exact) mass is 359 g/mol. The summed E-state index contributed by atoms with van der Waals surface area (Å²) in [6.07, 6.45) is 1.89. The Morgan fingerprint density at radius 3 is 2.72 bits per heavy atom. The summed E-state index contributed by atoms with van der Waals surface area (Å²) in [5.74, 6) is -1.67. The van der Waals surface area contributed by atoms with Crippen LogP contribution in [0, 0.1) is 6.92 Å². The molecule has 3 aromatic rings. The van der Waals surface area contributed by atoms with E-state index in [0.717, 1.165) is 27.8 Å². The van der Waals surface area contributed by atoms with Gasteiger partial charge >= 0.3 is 10.8 Å². The molecule has 0 aliphatic rings. The van der Waals surface area contributed by atoms with Crippen LogP contribution in [0.1, 0.15) is 20.9 Å². The lowest BCUT2D eigenvalue weighted by Gasteiger charge is -2.14. The van der Waals surface area contributed by atoms with E-state index in [-0.39, 0.29) is 16.2 Å². The molecule has 2 aromatic heterocycles. The number of hydrogen-bond acceptors (Lipinski definition) is 4. The van der Waals surface area contributed by atoms with E-state index in [1.54, 1.807) is 20.2 Å². The van der Waals surface area contributed by atoms with Gasteiger partial charge in [0.15, 0.2) is 0 Å². The lowest BCUT2D eigenvalue weighted by molar-refractivity contribution is -0.139. The van der Waals surface area contributed by atoms with Crippen LogP contribution in [0.15, 0.2) is 35.3 Å². The third kappa shape index (κ3) is 3.20. The predicted molar refractivity (Wildman–Crippen MR) is 95.2 cm³/mol. The maximum Gasteiger partial charge on any atom is 0.326 e. The highest BCUT2D eigenvalue weighted by Crippen LogP contribution is 2.19. The van der Waals surface area contributed by atoms with Gasteiger partial charge < -0.3 is 20.0 Å². The zero-order valence-electron chi connectivity index (χ0n) is 13.7. The Balaban J connectivity index is 1.84. The Labute approximate surface area is 146 Å². The number of aromatic amines is 1. The van der Waals surface area contributed by atoms with E-state index in [4.69, 9.17) is 0 Å². The summed E-state index contributed by atoms with van der Waals surface area (Å²) in [6.45, 7) is 1.66. The number of rotatable bonds is 5. The first-order valence-electron chi connectivity index (χ1n) is 7.63. The molecule has 7 nitrogen and oxygen atoms in total. The first-order valence-corrected chi connectivity index (χ1v) is 8.45. The van der Waals surface area contributed by atoms with Crippen molar-refractivity contribution in [1.82, 2.24) is 14.9 Å². The highest BCUT2D eigenvalue weighted by molar-refractivity contribution is 7.11. The molecule has 25 heavy (non-hydrogen) atoms. The van der Waals surface area contributed by atoms with Gasteiger partial charge in [-0.15, -0.1) is 0 Å². The second-order valence-corrected chi connectivity index (χ2v) is 6.73. The number of nitrogens with one attached hydrogen (secondary N) is 2. The molecule has 1 unspecified atom stereocenters. The number of para-hydroxylation sites is 1. The number of aliphatic carboxylic acids is 1. The molecule has 1 atom stereocenters. The SMILES string of the molecule is Cc1c(C(=O)NC(Cc2c[nH]c3ccccc23)C(=O)O)sc(=O)n1C. The van der Waals surface area contributed by atoms with Crippen LogP contribution in [0.25, 0.3) is 10.9 Å². The summed E-state index contributed by atoms with van der Waals surface area (Å²) < 4.78 is 1.37. The fourth-order valence-corrected chi connectivity index (χ4v) is 3.56. The molecule has 2 heterocycles. The number of amides is 1. The molecule has 130 valence electrons. The summed E-state index contributed by atoms with van der Waals surface area (Å²) in [5.41, 5.74) is 2.23. The van der Waals surface area contributed by atoms with Crippen LogP contribution in [0.2, 0.25) is 0 Å². The second-order valence-electron chi connectivity index (χ2n) is 5.77. The molecule has 1 amide bonds. The van der Waals surface area contributed by atoms with Gasteiger partial charge in [-0.25, -0.2) is 4.79 Å². The van der Waals surface area contributed by atoms with Gasteiger partial charge in [0.05, 0.1) is 0 Å². The molecule has 3 rings (SSSR count). The van der Waals surface area contributed by atoms with Crippen molar-refractivity contribution < 1.29 is 14.7 Å². The van der Waals surface area contributed by atoms with Crippen LogP contribution in [0.5, 0.6) is 0 Å². The molecule has 0 radical (unpaired) electrons. The van der Waals surface area contributed by atoms with E-state index in [2.05, 4.69) is 10.3 Å². The number of hydrogen-bond donors (Lipinski definition) is 3. The summed E-state index contributed by atoms with van der Waals surface area (Å²) in [5, 5.41) is 12.9. The summed E-state index contributed by atoms with van der Waals surface area (Å²) in [4.78, 5) is 38.7. The smallest absolute Gasteiger partial charge is 0.326 e. The Hall–Kier alpha value is -2.87. The lowest BCUT2D eigenvalue weighted by atomic mass is 10.0. The van der Waals surface area contributed by atoms with Crippen molar-refractivity contribution in [2.75, 3.05) is 0 Å². The fourth-order valence-electron chi connectivity index (χ4n) is 2.67. The average Bonchev–Trinajstić information content (AvgIpc) is 3.10. The van der Waals surface area contributed by atoms with Crippen LogP contribution in [0.4, 0.5) is 0 Å². The molecule has 0 bridgehead atoms. The fraction of sp³-hybridized carbons (Fsp3) is 0.235. The standard InChI is InChI=1S/C17H17N3O4S/c1-9-14(25-17(24)20(9)2)15(21)19-13(16(22)23)7-10-8-18-12-6-4-3-5-11(10)12/h3-6,8,13,18H,7H2,1-2H3,(H,19,21)(H,22,23). The third-order valence-corrected chi connectivity index (χ3v) is 5.34. The molecule has 0 saturated carbocycles. The van der Waals surface area contributed by atoms with E-state index < -0.39 is 17.9 Å². The number of carbonyl (C=O) groups is 2. The minimum atomic E-state index is -1.13. The number of carbonyl (C=O) groups excluding carboxylic acids is 1. The van der Waals surface area contributed by atoms with Gasteiger partial charge in [0, 0.05) is 36.3 Å². The van der Waals surface area contributed by atoms with Crippen LogP contribution >= 0.6 is 11.3 Å². The van der Waals surface area contributed by atoms with Crippen molar-refractivity contribution in [2.45, 2.75) is 19.4 Å².